The molecule has 35 heavy (non-hydrogen) atoms. The average Bonchev–Trinajstić information content (AvgIpc) is 3.20. The molecule has 0 N–H and O–H groups in total. The van der Waals surface area contributed by atoms with Crippen LogP contribution in [0.15, 0.2) is 82.2 Å². The van der Waals surface area contributed by atoms with Crippen LogP contribution >= 0.6 is 11.3 Å². The second-order valence-corrected chi connectivity index (χ2v) is 8.69. The smallest absolute Gasteiger partial charge is 0.338 e. The highest BCUT2D eigenvalue weighted by Crippen LogP contribution is 2.33. The van der Waals surface area contributed by atoms with Crippen LogP contribution in [0.1, 0.15) is 30.5 Å². The Morgan fingerprint density at radius 3 is 2.60 bits per heavy atom. The first kappa shape index (κ1) is 24.2. The molecule has 0 amide bonds. The largest absolute Gasteiger partial charge is 0.493 e. The van der Waals surface area contributed by atoms with Crippen molar-refractivity contribution in [1.82, 2.24) is 4.57 Å². The summed E-state index contributed by atoms with van der Waals surface area (Å²) in [5.41, 5.74) is 2.22. The van der Waals surface area contributed by atoms with Crippen molar-refractivity contribution >= 4 is 23.4 Å². The van der Waals surface area contributed by atoms with E-state index in [0.29, 0.717) is 50.7 Å². The SMILES string of the molecule is C=CCOc1c(/C=c2/sc3n(c2=O)[C@@H](c2ccccc2)C(C(=O)OC)=C(CC)N=3)cccc1OC. The first-order chi connectivity index (χ1) is 17.0. The first-order valence-corrected chi connectivity index (χ1v) is 11.9. The van der Waals surface area contributed by atoms with Gasteiger partial charge >= 0.3 is 5.97 Å². The van der Waals surface area contributed by atoms with Gasteiger partial charge in [0.25, 0.3) is 5.56 Å². The van der Waals surface area contributed by atoms with Crippen LogP contribution in [-0.2, 0) is 9.53 Å². The summed E-state index contributed by atoms with van der Waals surface area (Å²) in [4.78, 5) is 31.8. The maximum Gasteiger partial charge on any atom is 0.338 e. The number of hydrogen-bond donors (Lipinski definition) is 0. The molecule has 1 atom stereocenters. The number of nitrogens with zero attached hydrogens (tertiary/aromatic N) is 2. The normalized spacial score (nSPS) is 15.3. The summed E-state index contributed by atoms with van der Waals surface area (Å²) in [5.74, 6) is 0.572. The molecule has 2 aromatic carbocycles. The zero-order valence-electron chi connectivity index (χ0n) is 19.8. The molecule has 0 bridgehead atoms. The number of rotatable bonds is 8. The van der Waals surface area contributed by atoms with Crippen LogP contribution < -0.4 is 24.4 Å². The van der Waals surface area contributed by atoms with Crippen molar-refractivity contribution < 1.29 is 19.0 Å². The van der Waals surface area contributed by atoms with Gasteiger partial charge in [0.1, 0.15) is 6.61 Å². The highest BCUT2D eigenvalue weighted by molar-refractivity contribution is 7.07. The van der Waals surface area contributed by atoms with Crippen LogP contribution in [0.3, 0.4) is 0 Å². The number of aromatic nitrogens is 1. The van der Waals surface area contributed by atoms with Gasteiger partial charge in [0, 0.05) is 5.56 Å². The topological polar surface area (TPSA) is 79.1 Å². The van der Waals surface area contributed by atoms with Gasteiger partial charge in [0.2, 0.25) is 0 Å². The molecule has 3 aromatic rings. The Morgan fingerprint density at radius 1 is 1.17 bits per heavy atom. The van der Waals surface area contributed by atoms with E-state index in [2.05, 4.69) is 11.6 Å². The van der Waals surface area contributed by atoms with E-state index in [1.165, 1.54) is 18.4 Å². The number of thiazole rings is 1. The van der Waals surface area contributed by atoms with Crippen LogP contribution in [0, 0.1) is 0 Å². The molecule has 0 spiro atoms. The summed E-state index contributed by atoms with van der Waals surface area (Å²) < 4.78 is 18.4. The van der Waals surface area contributed by atoms with Gasteiger partial charge in [-0.1, -0.05) is 73.4 Å². The third-order valence-electron chi connectivity index (χ3n) is 5.63. The lowest BCUT2D eigenvalue weighted by Gasteiger charge is -2.25. The number of para-hydroxylation sites is 1. The second-order valence-electron chi connectivity index (χ2n) is 7.68. The number of hydrogen-bond acceptors (Lipinski definition) is 7. The van der Waals surface area contributed by atoms with E-state index < -0.39 is 12.0 Å². The Kier molecular flexibility index (Phi) is 7.31. The van der Waals surface area contributed by atoms with Crippen molar-refractivity contribution in [3.63, 3.8) is 0 Å². The van der Waals surface area contributed by atoms with Gasteiger partial charge in [-0.25, -0.2) is 9.79 Å². The molecule has 2 heterocycles. The number of fused-ring (bicyclic) bond motifs is 1. The Morgan fingerprint density at radius 2 is 1.94 bits per heavy atom. The van der Waals surface area contributed by atoms with E-state index in [0.717, 1.165) is 5.56 Å². The van der Waals surface area contributed by atoms with Crippen LogP contribution in [0.5, 0.6) is 11.5 Å². The lowest BCUT2D eigenvalue weighted by Crippen LogP contribution is -2.40. The maximum absolute atomic E-state index is 13.8. The summed E-state index contributed by atoms with van der Waals surface area (Å²) >= 11 is 1.27. The van der Waals surface area contributed by atoms with Gasteiger partial charge < -0.3 is 14.2 Å². The molecule has 0 fully saturated rings. The molecule has 0 radical (unpaired) electrons. The lowest BCUT2D eigenvalue weighted by atomic mass is 9.95. The van der Waals surface area contributed by atoms with E-state index in [1.54, 1.807) is 29.9 Å². The highest BCUT2D eigenvalue weighted by atomic mass is 32.1. The Hall–Kier alpha value is -3.91. The van der Waals surface area contributed by atoms with Gasteiger partial charge in [-0.15, -0.1) is 0 Å². The van der Waals surface area contributed by atoms with E-state index >= 15 is 0 Å². The van der Waals surface area contributed by atoms with Gasteiger partial charge in [-0.3, -0.25) is 9.36 Å². The maximum atomic E-state index is 13.8. The predicted octanol–water partition coefficient (Wildman–Crippen LogP) is 3.37. The molecule has 0 saturated carbocycles. The Balaban J connectivity index is 1.98. The number of esters is 1. The molecule has 4 rings (SSSR count). The minimum atomic E-state index is -0.640. The Bertz CT molecular complexity index is 1470. The predicted molar refractivity (Wildman–Crippen MR) is 136 cm³/mol. The number of allylic oxidation sites excluding steroid dienone is 1. The fraction of sp³-hybridized carbons (Fsp3) is 0.222. The minimum absolute atomic E-state index is 0.253. The standard InChI is InChI=1S/C27H26N2O5S/c1-5-15-34-24-18(13-10-14-20(24)32-3)16-21-25(30)29-23(17-11-8-7-9-12-17)22(26(31)33-4)19(6-2)28-27(29)35-21/h5,7-14,16,23H,1,6,15H2,2-4H3/b21-16+/t23-/m0/s1. The van der Waals surface area contributed by atoms with Crippen LogP contribution in [0.4, 0.5) is 0 Å². The van der Waals surface area contributed by atoms with Crippen molar-refractivity contribution in [1.29, 1.82) is 0 Å². The number of carbonyl (C=O) groups is 1. The van der Waals surface area contributed by atoms with Crippen LogP contribution in [-0.4, -0.2) is 31.4 Å². The van der Waals surface area contributed by atoms with Crippen molar-refractivity contribution in [2.75, 3.05) is 20.8 Å². The monoisotopic (exact) mass is 490 g/mol. The highest BCUT2D eigenvalue weighted by Gasteiger charge is 2.33. The fourth-order valence-corrected chi connectivity index (χ4v) is 5.07. The molecular weight excluding hydrogens is 464 g/mol. The molecule has 180 valence electrons. The van der Waals surface area contributed by atoms with E-state index in [1.807, 2.05) is 49.4 Å². The molecule has 1 aromatic heterocycles. The molecule has 7 nitrogen and oxygen atoms in total. The lowest BCUT2D eigenvalue weighted by molar-refractivity contribution is -0.136. The van der Waals surface area contributed by atoms with Crippen molar-refractivity contribution in [3.05, 3.63) is 103 Å². The third-order valence-corrected chi connectivity index (χ3v) is 6.61. The van der Waals surface area contributed by atoms with Crippen molar-refractivity contribution in [3.8, 4) is 11.5 Å². The number of benzene rings is 2. The van der Waals surface area contributed by atoms with E-state index in [9.17, 15) is 9.59 Å². The molecule has 1 aliphatic rings. The Labute approximate surface area is 206 Å². The van der Waals surface area contributed by atoms with E-state index in [4.69, 9.17) is 14.2 Å². The molecular formula is C27H26N2O5S. The number of ether oxygens (including phenoxy) is 3. The van der Waals surface area contributed by atoms with Gasteiger partial charge in [-0.05, 0) is 24.1 Å². The quantitative estimate of drug-likeness (QED) is 0.357. The van der Waals surface area contributed by atoms with E-state index in [-0.39, 0.29) is 5.56 Å². The minimum Gasteiger partial charge on any atom is -0.493 e. The zero-order valence-corrected chi connectivity index (χ0v) is 20.6. The first-order valence-electron chi connectivity index (χ1n) is 11.1. The summed E-state index contributed by atoms with van der Waals surface area (Å²) in [6.07, 6.45) is 3.93. The van der Waals surface area contributed by atoms with Crippen LogP contribution in [0.2, 0.25) is 0 Å². The summed E-state index contributed by atoms with van der Waals surface area (Å²) in [7, 11) is 2.90. The molecule has 1 aliphatic heterocycles. The summed E-state index contributed by atoms with van der Waals surface area (Å²) in [6, 6.07) is 14.3. The van der Waals surface area contributed by atoms with Gasteiger partial charge in [0.05, 0.1) is 36.1 Å². The molecule has 0 unspecified atom stereocenters. The number of methoxy groups -OCH3 is 2. The second kappa shape index (κ2) is 10.6. The molecule has 0 aliphatic carbocycles. The summed E-state index contributed by atoms with van der Waals surface area (Å²) in [5, 5.41) is 0. The average molecular weight is 491 g/mol. The van der Waals surface area contributed by atoms with Crippen molar-refractivity contribution in [2.24, 2.45) is 4.99 Å². The number of carbonyl (C=O) groups excluding carboxylic acids is 1. The third kappa shape index (κ3) is 4.57. The van der Waals surface area contributed by atoms with Gasteiger partial charge in [-0.2, -0.15) is 0 Å². The molecule has 0 saturated heterocycles. The zero-order chi connectivity index (χ0) is 24.9. The molecule has 8 heteroatoms. The summed E-state index contributed by atoms with van der Waals surface area (Å²) in [6.45, 7) is 5.92. The van der Waals surface area contributed by atoms with Gasteiger partial charge in [0.15, 0.2) is 16.3 Å². The fourth-order valence-electron chi connectivity index (χ4n) is 4.06. The van der Waals surface area contributed by atoms with Crippen molar-refractivity contribution in [2.45, 2.75) is 19.4 Å². The van der Waals surface area contributed by atoms with Crippen LogP contribution in [0.25, 0.3) is 6.08 Å².